The van der Waals surface area contributed by atoms with E-state index in [9.17, 15) is 13.2 Å². The van der Waals surface area contributed by atoms with Crippen molar-refractivity contribution in [3.05, 3.63) is 34.3 Å². The van der Waals surface area contributed by atoms with E-state index in [1.165, 1.54) is 0 Å². The van der Waals surface area contributed by atoms with Crippen LogP contribution in [-0.2, 0) is 9.84 Å². The highest BCUT2D eigenvalue weighted by Crippen LogP contribution is 2.24. The zero-order valence-electron chi connectivity index (χ0n) is 10.6. The lowest BCUT2D eigenvalue weighted by Gasteiger charge is -2.21. The van der Waals surface area contributed by atoms with Gasteiger partial charge < -0.3 is 0 Å². The Kier molecular flexibility index (Phi) is 4.79. The molecule has 0 amide bonds. The van der Waals surface area contributed by atoms with Crippen molar-refractivity contribution in [3.63, 3.8) is 0 Å². The second kappa shape index (κ2) is 6.18. The molecular formula is C14H17BrO3S. The minimum absolute atomic E-state index is 0.307. The van der Waals surface area contributed by atoms with Gasteiger partial charge in [-0.25, -0.2) is 8.42 Å². The van der Waals surface area contributed by atoms with Gasteiger partial charge in [0.1, 0.15) is 5.75 Å². The molecule has 104 valence electrons. The SMILES string of the molecule is O=C(CS(=O)(=O)C1CCCCC1)c1ccc(Br)cc1. The Morgan fingerprint density at radius 1 is 1.11 bits per heavy atom. The number of rotatable bonds is 4. The van der Waals surface area contributed by atoms with Crippen LogP contribution in [0.4, 0.5) is 0 Å². The van der Waals surface area contributed by atoms with E-state index in [0.29, 0.717) is 18.4 Å². The minimum atomic E-state index is -3.30. The van der Waals surface area contributed by atoms with Crippen LogP contribution in [0, 0.1) is 0 Å². The summed E-state index contributed by atoms with van der Waals surface area (Å²) in [6.45, 7) is 0. The molecule has 0 saturated heterocycles. The van der Waals surface area contributed by atoms with Gasteiger partial charge in [-0.3, -0.25) is 4.79 Å². The van der Waals surface area contributed by atoms with E-state index >= 15 is 0 Å². The highest BCUT2D eigenvalue weighted by Gasteiger charge is 2.29. The first-order valence-electron chi connectivity index (χ1n) is 6.49. The van der Waals surface area contributed by atoms with Crippen LogP contribution in [0.15, 0.2) is 28.7 Å². The topological polar surface area (TPSA) is 51.2 Å². The molecular weight excluding hydrogens is 328 g/mol. The Bertz CT molecular complexity index is 543. The molecule has 0 bridgehead atoms. The van der Waals surface area contributed by atoms with Crippen LogP contribution in [0.5, 0.6) is 0 Å². The molecule has 1 aromatic carbocycles. The van der Waals surface area contributed by atoms with Gasteiger partial charge in [-0.1, -0.05) is 47.3 Å². The Labute approximate surface area is 122 Å². The second-order valence-corrected chi connectivity index (χ2v) is 8.19. The summed E-state index contributed by atoms with van der Waals surface area (Å²) in [7, 11) is -3.30. The number of halogens is 1. The minimum Gasteiger partial charge on any atom is -0.293 e. The Morgan fingerprint density at radius 3 is 2.26 bits per heavy atom. The molecule has 0 atom stereocenters. The van der Waals surface area contributed by atoms with Gasteiger partial charge >= 0.3 is 0 Å². The molecule has 1 aliphatic rings. The third-order valence-corrected chi connectivity index (χ3v) is 6.24. The third kappa shape index (κ3) is 3.89. The first kappa shape index (κ1) is 14.7. The van der Waals surface area contributed by atoms with Crippen molar-refractivity contribution in [2.75, 3.05) is 5.75 Å². The summed E-state index contributed by atoms with van der Waals surface area (Å²) in [5.74, 6) is -0.669. The van der Waals surface area contributed by atoms with E-state index in [1.54, 1.807) is 24.3 Å². The van der Waals surface area contributed by atoms with Crippen LogP contribution >= 0.6 is 15.9 Å². The van der Waals surface area contributed by atoms with Gasteiger partial charge in [-0.2, -0.15) is 0 Å². The predicted molar refractivity (Wildman–Crippen MR) is 79.1 cm³/mol. The number of Topliss-reactive ketones (excluding diaryl/α,β-unsaturated/α-hetero) is 1. The van der Waals surface area contributed by atoms with Crippen LogP contribution in [0.2, 0.25) is 0 Å². The monoisotopic (exact) mass is 344 g/mol. The maximum Gasteiger partial charge on any atom is 0.177 e. The van der Waals surface area contributed by atoms with Crippen molar-refractivity contribution in [1.82, 2.24) is 0 Å². The van der Waals surface area contributed by atoms with E-state index in [4.69, 9.17) is 0 Å². The zero-order valence-corrected chi connectivity index (χ0v) is 13.0. The summed E-state index contributed by atoms with van der Waals surface area (Å²) < 4.78 is 25.3. The number of ketones is 1. The molecule has 0 N–H and O–H groups in total. The van der Waals surface area contributed by atoms with E-state index in [0.717, 1.165) is 23.7 Å². The van der Waals surface area contributed by atoms with Crippen LogP contribution in [0.1, 0.15) is 42.5 Å². The Hall–Kier alpha value is -0.680. The normalized spacial score (nSPS) is 17.3. The molecule has 1 aromatic rings. The smallest absolute Gasteiger partial charge is 0.177 e. The predicted octanol–water partition coefficient (Wildman–Crippen LogP) is 3.38. The summed E-state index contributed by atoms with van der Waals surface area (Å²) in [6, 6.07) is 6.81. The van der Waals surface area contributed by atoms with Gasteiger partial charge in [0, 0.05) is 10.0 Å². The molecule has 0 radical (unpaired) electrons. The van der Waals surface area contributed by atoms with E-state index in [-0.39, 0.29) is 16.8 Å². The number of hydrogen-bond acceptors (Lipinski definition) is 3. The fraction of sp³-hybridized carbons (Fsp3) is 0.500. The molecule has 3 nitrogen and oxygen atoms in total. The average molecular weight is 345 g/mol. The van der Waals surface area contributed by atoms with Crippen molar-refractivity contribution >= 4 is 31.6 Å². The number of hydrogen-bond donors (Lipinski definition) is 0. The quantitative estimate of drug-likeness (QED) is 0.786. The van der Waals surface area contributed by atoms with Crippen molar-refractivity contribution in [2.45, 2.75) is 37.4 Å². The number of sulfone groups is 1. The average Bonchev–Trinajstić information content (AvgIpc) is 2.40. The van der Waals surface area contributed by atoms with Gasteiger partial charge in [-0.15, -0.1) is 0 Å². The first-order chi connectivity index (χ1) is 8.99. The lowest BCUT2D eigenvalue weighted by Crippen LogP contribution is -2.29. The summed E-state index contributed by atoms with van der Waals surface area (Å²) in [6.07, 6.45) is 4.42. The second-order valence-electron chi connectivity index (χ2n) is 5.00. The van der Waals surface area contributed by atoms with E-state index in [1.807, 2.05) is 0 Å². The molecule has 0 aromatic heterocycles. The Balaban J connectivity index is 2.07. The fourth-order valence-corrected chi connectivity index (χ4v) is 4.53. The zero-order chi connectivity index (χ0) is 13.9. The van der Waals surface area contributed by atoms with Crippen molar-refractivity contribution in [2.24, 2.45) is 0 Å². The number of carbonyl (C=O) groups excluding carboxylic acids is 1. The van der Waals surface area contributed by atoms with Crippen LogP contribution in [0.3, 0.4) is 0 Å². The molecule has 19 heavy (non-hydrogen) atoms. The molecule has 0 aliphatic heterocycles. The first-order valence-corrected chi connectivity index (χ1v) is 9.00. The summed E-state index contributed by atoms with van der Waals surface area (Å²) >= 11 is 3.29. The molecule has 1 fully saturated rings. The van der Waals surface area contributed by atoms with E-state index < -0.39 is 9.84 Å². The highest BCUT2D eigenvalue weighted by molar-refractivity contribution is 9.10. The molecule has 2 rings (SSSR count). The van der Waals surface area contributed by atoms with Crippen LogP contribution in [-0.4, -0.2) is 25.2 Å². The van der Waals surface area contributed by atoms with Gasteiger partial charge in [-0.05, 0) is 25.0 Å². The maximum atomic E-state index is 12.2. The molecule has 0 unspecified atom stereocenters. The van der Waals surface area contributed by atoms with Crippen LogP contribution in [0.25, 0.3) is 0 Å². The number of carbonyl (C=O) groups is 1. The summed E-state index contributed by atoms with van der Waals surface area (Å²) in [5.41, 5.74) is 0.461. The molecule has 0 spiro atoms. The summed E-state index contributed by atoms with van der Waals surface area (Å²) in [5, 5.41) is -0.319. The van der Waals surface area contributed by atoms with Gasteiger partial charge in [0.15, 0.2) is 15.6 Å². The van der Waals surface area contributed by atoms with Gasteiger partial charge in [0.2, 0.25) is 0 Å². The van der Waals surface area contributed by atoms with E-state index in [2.05, 4.69) is 15.9 Å². The maximum absolute atomic E-state index is 12.2. The molecule has 1 saturated carbocycles. The highest BCUT2D eigenvalue weighted by atomic mass is 79.9. The summed E-state index contributed by atoms with van der Waals surface area (Å²) in [4.78, 5) is 12.0. The number of benzene rings is 1. The Morgan fingerprint density at radius 2 is 1.68 bits per heavy atom. The molecule has 1 aliphatic carbocycles. The molecule has 0 heterocycles. The lowest BCUT2D eigenvalue weighted by molar-refractivity contribution is 0.102. The van der Waals surface area contributed by atoms with Gasteiger partial charge in [0.05, 0.1) is 5.25 Å². The molecule has 5 heteroatoms. The fourth-order valence-electron chi connectivity index (χ4n) is 2.44. The third-order valence-electron chi connectivity index (χ3n) is 3.56. The van der Waals surface area contributed by atoms with Crippen molar-refractivity contribution < 1.29 is 13.2 Å². The lowest BCUT2D eigenvalue weighted by atomic mass is 10.0. The van der Waals surface area contributed by atoms with Gasteiger partial charge in [0.25, 0.3) is 0 Å². The largest absolute Gasteiger partial charge is 0.293 e. The van der Waals surface area contributed by atoms with Crippen molar-refractivity contribution in [3.8, 4) is 0 Å². The van der Waals surface area contributed by atoms with Crippen molar-refractivity contribution in [1.29, 1.82) is 0 Å². The van der Waals surface area contributed by atoms with Crippen LogP contribution < -0.4 is 0 Å². The standard InChI is InChI=1S/C14H17BrO3S/c15-12-8-6-11(7-9-12)14(16)10-19(17,18)13-4-2-1-3-5-13/h6-9,13H,1-5,10H2.